The molecule has 0 amide bonds. The highest BCUT2D eigenvalue weighted by atomic mass is 15.2. The summed E-state index contributed by atoms with van der Waals surface area (Å²) in [6.07, 6.45) is 6.67. The van der Waals surface area contributed by atoms with Crippen LogP contribution in [-0.2, 0) is 0 Å². The highest BCUT2D eigenvalue weighted by Gasteiger charge is 2.28. The van der Waals surface area contributed by atoms with Gasteiger partial charge in [0.15, 0.2) is 0 Å². The zero-order valence-electron chi connectivity index (χ0n) is 12.3. The van der Waals surface area contributed by atoms with Crippen LogP contribution < -0.4 is 5.32 Å². The molecule has 1 N–H and O–H groups in total. The van der Waals surface area contributed by atoms with Crippen molar-refractivity contribution in [2.24, 2.45) is 5.92 Å². The average molecular weight is 240 g/mol. The van der Waals surface area contributed by atoms with Gasteiger partial charge in [-0.2, -0.15) is 0 Å². The molecule has 0 bridgehead atoms. The van der Waals surface area contributed by atoms with Gasteiger partial charge in [0.05, 0.1) is 0 Å². The van der Waals surface area contributed by atoms with Gasteiger partial charge < -0.3 is 5.32 Å². The molecule has 102 valence electrons. The van der Waals surface area contributed by atoms with Crippen molar-refractivity contribution in [3.8, 4) is 0 Å². The molecule has 1 aliphatic rings. The molecule has 2 heteroatoms. The third-order valence-corrected chi connectivity index (χ3v) is 4.27. The third-order valence-electron chi connectivity index (χ3n) is 4.27. The summed E-state index contributed by atoms with van der Waals surface area (Å²) in [5.41, 5.74) is 0. The minimum absolute atomic E-state index is 0.676. The summed E-state index contributed by atoms with van der Waals surface area (Å²) in [5, 5.41) is 3.70. The Hall–Kier alpha value is -0.0800. The Labute approximate surface area is 108 Å². The third kappa shape index (κ3) is 4.59. The van der Waals surface area contributed by atoms with Crippen LogP contribution in [0, 0.1) is 5.92 Å². The highest BCUT2D eigenvalue weighted by molar-refractivity contribution is 4.85. The standard InChI is InChI=1S/C15H32N2/c1-5-8-14-9-11-17(12-14)13(4)15(7-3)16-10-6-2/h13-16H,5-12H2,1-4H3. The fraction of sp³-hybridized carbons (Fsp3) is 1.00. The predicted octanol–water partition coefficient (Wildman–Crippen LogP) is 3.28. The van der Waals surface area contributed by atoms with Gasteiger partial charge in [-0.05, 0) is 51.6 Å². The van der Waals surface area contributed by atoms with Crippen molar-refractivity contribution in [2.75, 3.05) is 19.6 Å². The van der Waals surface area contributed by atoms with E-state index < -0.39 is 0 Å². The van der Waals surface area contributed by atoms with Crippen LogP contribution in [-0.4, -0.2) is 36.6 Å². The van der Waals surface area contributed by atoms with E-state index in [9.17, 15) is 0 Å². The van der Waals surface area contributed by atoms with Crippen LogP contribution in [0.4, 0.5) is 0 Å². The van der Waals surface area contributed by atoms with Gasteiger partial charge in [0.1, 0.15) is 0 Å². The SMILES string of the molecule is CCCNC(CC)C(C)N1CCC(CCC)C1. The van der Waals surface area contributed by atoms with E-state index in [-0.39, 0.29) is 0 Å². The van der Waals surface area contributed by atoms with Gasteiger partial charge in [-0.15, -0.1) is 0 Å². The largest absolute Gasteiger partial charge is 0.312 e. The first-order valence-electron chi connectivity index (χ1n) is 7.70. The lowest BCUT2D eigenvalue weighted by atomic mass is 10.0. The molecule has 1 heterocycles. The Morgan fingerprint density at radius 2 is 2.00 bits per heavy atom. The number of nitrogens with zero attached hydrogens (tertiary/aromatic N) is 1. The molecular weight excluding hydrogens is 208 g/mol. The molecule has 2 nitrogen and oxygen atoms in total. The van der Waals surface area contributed by atoms with E-state index in [1.165, 1.54) is 45.2 Å². The van der Waals surface area contributed by atoms with E-state index in [0.29, 0.717) is 12.1 Å². The molecule has 17 heavy (non-hydrogen) atoms. The second kappa shape index (κ2) is 8.10. The Kier molecular flexibility index (Phi) is 7.14. The van der Waals surface area contributed by atoms with Gasteiger partial charge in [0.25, 0.3) is 0 Å². The minimum Gasteiger partial charge on any atom is -0.312 e. The van der Waals surface area contributed by atoms with Crippen molar-refractivity contribution >= 4 is 0 Å². The van der Waals surface area contributed by atoms with E-state index in [4.69, 9.17) is 0 Å². The first kappa shape index (κ1) is 15.0. The van der Waals surface area contributed by atoms with Crippen molar-refractivity contribution in [2.45, 2.75) is 71.9 Å². The summed E-state index contributed by atoms with van der Waals surface area (Å²) in [4.78, 5) is 2.71. The van der Waals surface area contributed by atoms with Gasteiger partial charge in [0, 0.05) is 18.6 Å². The molecule has 1 aliphatic heterocycles. The van der Waals surface area contributed by atoms with Crippen molar-refractivity contribution in [1.29, 1.82) is 0 Å². The molecule has 0 aliphatic carbocycles. The molecule has 0 aromatic heterocycles. The van der Waals surface area contributed by atoms with Gasteiger partial charge >= 0.3 is 0 Å². The van der Waals surface area contributed by atoms with Crippen LogP contribution in [0.25, 0.3) is 0 Å². The molecule has 0 saturated carbocycles. The first-order chi connectivity index (χ1) is 8.22. The zero-order chi connectivity index (χ0) is 12.7. The fourth-order valence-corrected chi connectivity index (χ4v) is 3.12. The van der Waals surface area contributed by atoms with Crippen LogP contribution in [0.15, 0.2) is 0 Å². The van der Waals surface area contributed by atoms with Crippen LogP contribution in [0.1, 0.15) is 59.8 Å². The Morgan fingerprint density at radius 1 is 1.24 bits per heavy atom. The maximum Gasteiger partial charge on any atom is 0.0221 e. The summed E-state index contributed by atoms with van der Waals surface area (Å²) in [5.74, 6) is 0.964. The Morgan fingerprint density at radius 3 is 2.59 bits per heavy atom. The maximum absolute atomic E-state index is 3.70. The smallest absolute Gasteiger partial charge is 0.0221 e. The number of likely N-dealkylation sites (tertiary alicyclic amines) is 1. The molecule has 0 radical (unpaired) electrons. The molecule has 3 atom stereocenters. The van der Waals surface area contributed by atoms with Crippen LogP contribution in [0.5, 0.6) is 0 Å². The fourth-order valence-electron chi connectivity index (χ4n) is 3.12. The number of nitrogens with one attached hydrogen (secondary N) is 1. The molecule has 0 aromatic rings. The van der Waals surface area contributed by atoms with E-state index in [1.54, 1.807) is 0 Å². The van der Waals surface area contributed by atoms with Crippen molar-refractivity contribution in [3.63, 3.8) is 0 Å². The average Bonchev–Trinajstić information content (AvgIpc) is 2.79. The second-order valence-corrected chi connectivity index (χ2v) is 5.65. The molecule has 1 saturated heterocycles. The quantitative estimate of drug-likeness (QED) is 0.700. The lowest BCUT2D eigenvalue weighted by Gasteiger charge is -2.32. The Balaban J connectivity index is 2.37. The zero-order valence-corrected chi connectivity index (χ0v) is 12.3. The lowest BCUT2D eigenvalue weighted by molar-refractivity contribution is 0.195. The summed E-state index contributed by atoms with van der Waals surface area (Å²) < 4.78 is 0. The van der Waals surface area contributed by atoms with E-state index in [0.717, 1.165) is 12.5 Å². The van der Waals surface area contributed by atoms with Crippen LogP contribution >= 0.6 is 0 Å². The number of rotatable bonds is 8. The van der Waals surface area contributed by atoms with Crippen molar-refractivity contribution in [3.05, 3.63) is 0 Å². The van der Waals surface area contributed by atoms with Gasteiger partial charge in [0.2, 0.25) is 0 Å². The Bertz CT molecular complexity index is 193. The summed E-state index contributed by atoms with van der Waals surface area (Å²) in [6, 6.07) is 1.38. The molecule has 3 unspecified atom stereocenters. The molecule has 1 rings (SSSR count). The monoisotopic (exact) mass is 240 g/mol. The molecule has 0 aromatic carbocycles. The number of hydrogen-bond acceptors (Lipinski definition) is 2. The summed E-state index contributed by atoms with van der Waals surface area (Å²) in [7, 11) is 0. The molecular formula is C15H32N2. The maximum atomic E-state index is 3.70. The first-order valence-corrected chi connectivity index (χ1v) is 7.70. The molecule has 0 spiro atoms. The van der Waals surface area contributed by atoms with E-state index >= 15 is 0 Å². The summed E-state index contributed by atoms with van der Waals surface area (Å²) in [6.45, 7) is 13.1. The van der Waals surface area contributed by atoms with Gasteiger partial charge in [-0.1, -0.05) is 27.2 Å². The topological polar surface area (TPSA) is 15.3 Å². The lowest BCUT2D eigenvalue weighted by Crippen LogP contribution is -2.47. The summed E-state index contributed by atoms with van der Waals surface area (Å²) >= 11 is 0. The van der Waals surface area contributed by atoms with Gasteiger partial charge in [-0.3, -0.25) is 4.90 Å². The highest BCUT2D eigenvalue weighted by Crippen LogP contribution is 2.24. The van der Waals surface area contributed by atoms with Crippen LogP contribution in [0.3, 0.4) is 0 Å². The van der Waals surface area contributed by atoms with Gasteiger partial charge in [-0.25, -0.2) is 0 Å². The minimum atomic E-state index is 0.676. The number of hydrogen-bond donors (Lipinski definition) is 1. The normalized spacial score (nSPS) is 25.1. The van der Waals surface area contributed by atoms with Crippen molar-refractivity contribution in [1.82, 2.24) is 10.2 Å². The van der Waals surface area contributed by atoms with Crippen molar-refractivity contribution < 1.29 is 0 Å². The predicted molar refractivity (Wildman–Crippen MR) is 76.4 cm³/mol. The van der Waals surface area contributed by atoms with Crippen LogP contribution in [0.2, 0.25) is 0 Å². The van der Waals surface area contributed by atoms with E-state index in [1.807, 2.05) is 0 Å². The van der Waals surface area contributed by atoms with E-state index in [2.05, 4.69) is 37.9 Å². The molecule has 1 fully saturated rings. The second-order valence-electron chi connectivity index (χ2n) is 5.65.